The minimum atomic E-state index is -0.210. The molecule has 0 saturated heterocycles. The molecule has 0 radical (unpaired) electrons. The van der Waals surface area contributed by atoms with Gasteiger partial charge in [-0.15, -0.1) is 0 Å². The zero-order valence-electron chi connectivity index (χ0n) is 20.6. The van der Waals surface area contributed by atoms with Crippen LogP contribution < -0.4 is 15.4 Å². The van der Waals surface area contributed by atoms with E-state index in [9.17, 15) is 4.79 Å². The minimum Gasteiger partial charge on any atom is -0.489 e. The predicted octanol–water partition coefficient (Wildman–Crippen LogP) is 7.12. The SMILES string of the molecule is O=C(/C=C/c1ccc(OCc2ccccc2)cc1)Nc1ccc(Nc2cc(-c3ccccc3)ncn2)cc1. The molecule has 0 aliphatic heterocycles. The summed E-state index contributed by atoms with van der Waals surface area (Å²) in [6.45, 7) is 0.514. The van der Waals surface area contributed by atoms with Crippen molar-refractivity contribution < 1.29 is 9.53 Å². The maximum atomic E-state index is 12.4. The number of amides is 1. The normalized spacial score (nSPS) is 10.7. The van der Waals surface area contributed by atoms with Gasteiger partial charge in [0.1, 0.15) is 24.5 Å². The van der Waals surface area contributed by atoms with Crippen LogP contribution in [0.15, 0.2) is 128 Å². The third-order valence-electron chi connectivity index (χ3n) is 5.72. The largest absolute Gasteiger partial charge is 0.489 e. The fourth-order valence-corrected chi connectivity index (χ4v) is 3.75. The van der Waals surface area contributed by atoms with Crippen molar-refractivity contribution in [2.45, 2.75) is 6.61 Å². The fourth-order valence-electron chi connectivity index (χ4n) is 3.75. The molecule has 2 N–H and O–H groups in total. The number of ether oxygens (including phenoxy) is 1. The Balaban J connectivity index is 1.12. The molecule has 0 unspecified atom stereocenters. The molecule has 0 fully saturated rings. The van der Waals surface area contributed by atoms with Crippen molar-refractivity contribution in [1.82, 2.24) is 9.97 Å². The summed E-state index contributed by atoms with van der Waals surface area (Å²) in [7, 11) is 0. The Bertz CT molecular complexity index is 1500. The summed E-state index contributed by atoms with van der Waals surface area (Å²) < 4.78 is 5.81. The summed E-state index contributed by atoms with van der Waals surface area (Å²) in [5.74, 6) is 1.26. The molecule has 6 heteroatoms. The molecule has 0 saturated carbocycles. The maximum absolute atomic E-state index is 12.4. The zero-order chi connectivity index (χ0) is 26.0. The van der Waals surface area contributed by atoms with Gasteiger partial charge in [-0.25, -0.2) is 9.97 Å². The molecule has 1 aromatic heterocycles. The van der Waals surface area contributed by atoms with Crippen molar-refractivity contribution in [1.29, 1.82) is 0 Å². The molecule has 0 bridgehead atoms. The molecule has 6 nitrogen and oxygen atoms in total. The second-order valence-corrected chi connectivity index (χ2v) is 8.52. The van der Waals surface area contributed by atoms with Gasteiger partial charge in [-0.1, -0.05) is 72.8 Å². The quantitative estimate of drug-likeness (QED) is 0.212. The van der Waals surface area contributed by atoms with E-state index in [4.69, 9.17) is 4.74 Å². The first-order valence-electron chi connectivity index (χ1n) is 12.2. The van der Waals surface area contributed by atoms with Gasteiger partial charge in [-0.2, -0.15) is 0 Å². The lowest BCUT2D eigenvalue weighted by molar-refractivity contribution is -0.111. The number of aromatic nitrogens is 2. The summed E-state index contributed by atoms with van der Waals surface area (Å²) in [5, 5.41) is 6.16. The molecule has 1 heterocycles. The van der Waals surface area contributed by atoms with E-state index < -0.39 is 0 Å². The van der Waals surface area contributed by atoms with E-state index in [-0.39, 0.29) is 5.91 Å². The second kappa shape index (κ2) is 12.1. The molecule has 0 aliphatic carbocycles. The van der Waals surface area contributed by atoms with Crippen LogP contribution >= 0.6 is 0 Å². The average molecular weight is 499 g/mol. The van der Waals surface area contributed by atoms with Crippen molar-refractivity contribution in [2.75, 3.05) is 10.6 Å². The number of rotatable bonds is 9. The molecule has 5 aromatic rings. The Morgan fingerprint density at radius 3 is 2.18 bits per heavy atom. The highest BCUT2D eigenvalue weighted by Crippen LogP contribution is 2.22. The Kier molecular flexibility index (Phi) is 7.82. The summed E-state index contributed by atoms with van der Waals surface area (Å²) in [4.78, 5) is 21.1. The Morgan fingerprint density at radius 1 is 0.763 bits per heavy atom. The van der Waals surface area contributed by atoms with Crippen LogP contribution in [0.4, 0.5) is 17.2 Å². The lowest BCUT2D eigenvalue weighted by atomic mass is 10.1. The highest BCUT2D eigenvalue weighted by molar-refractivity contribution is 6.02. The van der Waals surface area contributed by atoms with E-state index in [2.05, 4.69) is 20.6 Å². The van der Waals surface area contributed by atoms with E-state index in [1.165, 1.54) is 12.4 Å². The van der Waals surface area contributed by atoms with Gasteiger partial charge in [-0.3, -0.25) is 4.79 Å². The highest BCUT2D eigenvalue weighted by Gasteiger charge is 2.04. The van der Waals surface area contributed by atoms with Crippen LogP contribution in [-0.4, -0.2) is 15.9 Å². The van der Waals surface area contributed by atoms with Crippen LogP contribution in [0.1, 0.15) is 11.1 Å². The molecule has 38 heavy (non-hydrogen) atoms. The van der Waals surface area contributed by atoms with Crippen LogP contribution in [0.2, 0.25) is 0 Å². The van der Waals surface area contributed by atoms with Gasteiger partial charge in [-0.05, 0) is 53.6 Å². The van der Waals surface area contributed by atoms with Gasteiger partial charge in [0.05, 0.1) is 5.69 Å². The molecule has 5 rings (SSSR count). The predicted molar refractivity (Wildman–Crippen MR) is 152 cm³/mol. The topological polar surface area (TPSA) is 76.1 Å². The lowest BCUT2D eigenvalue weighted by Crippen LogP contribution is -2.07. The van der Waals surface area contributed by atoms with Crippen molar-refractivity contribution in [3.05, 3.63) is 139 Å². The number of hydrogen-bond donors (Lipinski definition) is 2. The lowest BCUT2D eigenvalue weighted by Gasteiger charge is -2.08. The van der Waals surface area contributed by atoms with Crippen LogP contribution in [0.3, 0.4) is 0 Å². The molecule has 0 aliphatic rings. The van der Waals surface area contributed by atoms with Crippen LogP contribution in [0.5, 0.6) is 5.75 Å². The molecule has 1 amide bonds. The van der Waals surface area contributed by atoms with Gasteiger partial charge < -0.3 is 15.4 Å². The Morgan fingerprint density at radius 2 is 1.45 bits per heavy atom. The number of hydrogen-bond acceptors (Lipinski definition) is 5. The monoisotopic (exact) mass is 498 g/mol. The van der Waals surface area contributed by atoms with Crippen molar-refractivity contribution in [3.63, 3.8) is 0 Å². The summed E-state index contributed by atoms with van der Waals surface area (Å²) in [6, 6.07) is 36.9. The van der Waals surface area contributed by atoms with Crippen LogP contribution in [-0.2, 0) is 11.4 Å². The molecule has 0 atom stereocenters. The molecular formula is C32H26N4O2. The summed E-state index contributed by atoms with van der Waals surface area (Å²) >= 11 is 0. The highest BCUT2D eigenvalue weighted by atomic mass is 16.5. The fraction of sp³-hybridized carbons (Fsp3) is 0.0312. The van der Waals surface area contributed by atoms with E-state index >= 15 is 0 Å². The standard InChI is InChI=1S/C32H26N4O2/c37-32(20-13-24-11-18-29(19-12-24)38-22-25-7-3-1-4-8-25)36-28-16-14-27(15-17-28)35-31-21-30(33-23-34-31)26-9-5-2-6-10-26/h1-21,23H,22H2,(H,36,37)(H,33,34,35)/b20-13+. The van der Waals surface area contributed by atoms with Gasteiger partial charge in [0.15, 0.2) is 0 Å². The first-order valence-corrected chi connectivity index (χ1v) is 12.2. The smallest absolute Gasteiger partial charge is 0.248 e. The zero-order valence-corrected chi connectivity index (χ0v) is 20.6. The average Bonchev–Trinajstić information content (AvgIpc) is 2.98. The number of nitrogens with one attached hydrogen (secondary N) is 2. The van der Waals surface area contributed by atoms with E-state index in [1.807, 2.05) is 115 Å². The molecular weight excluding hydrogens is 472 g/mol. The first-order chi connectivity index (χ1) is 18.7. The molecule has 186 valence electrons. The van der Waals surface area contributed by atoms with Crippen molar-refractivity contribution >= 4 is 29.2 Å². The number of anilines is 3. The Hall–Kier alpha value is -5.23. The summed E-state index contributed by atoms with van der Waals surface area (Å²) in [6.07, 6.45) is 4.82. The van der Waals surface area contributed by atoms with Crippen molar-refractivity contribution in [3.8, 4) is 17.0 Å². The summed E-state index contributed by atoms with van der Waals surface area (Å²) in [5.41, 5.74) is 5.44. The first kappa shape index (κ1) is 24.5. The Labute approximate surface area is 221 Å². The number of nitrogens with zero attached hydrogens (tertiary/aromatic N) is 2. The van der Waals surface area contributed by atoms with E-state index in [0.717, 1.165) is 33.8 Å². The van der Waals surface area contributed by atoms with Crippen LogP contribution in [0, 0.1) is 0 Å². The van der Waals surface area contributed by atoms with Gasteiger partial charge in [0, 0.05) is 29.1 Å². The molecule has 4 aromatic carbocycles. The third kappa shape index (κ3) is 6.92. The second-order valence-electron chi connectivity index (χ2n) is 8.52. The number of carbonyl (C=O) groups excluding carboxylic acids is 1. The third-order valence-corrected chi connectivity index (χ3v) is 5.72. The van der Waals surface area contributed by atoms with E-state index in [1.54, 1.807) is 6.08 Å². The van der Waals surface area contributed by atoms with Gasteiger partial charge >= 0.3 is 0 Å². The van der Waals surface area contributed by atoms with E-state index in [0.29, 0.717) is 18.1 Å². The van der Waals surface area contributed by atoms with Crippen molar-refractivity contribution in [2.24, 2.45) is 0 Å². The van der Waals surface area contributed by atoms with Crippen LogP contribution in [0.25, 0.3) is 17.3 Å². The molecule has 0 spiro atoms. The number of carbonyl (C=O) groups is 1. The maximum Gasteiger partial charge on any atom is 0.248 e. The minimum absolute atomic E-state index is 0.210. The van der Waals surface area contributed by atoms with Gasteiger partial charge in [0.25, 0.3) is 0 Å². The number of benzene rings is 4. The van der Waals surface area contributed by atoms with Gasteiger partial charge in [0.2, 0.25) is 5.91 Å².